The number of rotatable bonds is 1. The molecule has 0 radical (unpaired) electrons. The minimum Gasteiger partial charge on any atom is -0.504 e. The van der Waals surface area contributed by atoms with Crippen LogP contribution < -0.4 is 10.1 Å². The molecule has 2 aliphatic heterocycles. The fraction of sp³-hybridized carbons (Fsp3) is 0.385. The van der Waals surface area contributed by atoms with E-state index in [9.17, 15) is 19.8 Å². The molecule has 7 heteroatoms. The number of phenols is 1. The van der Waals surface area contributed by atoms with Crippen molar-refractivity contribution in [1.29, 1.82) is 0 Å². The maximum atomic E-state index is 12.5. The first-order valence-corrected chi connectivity index (χ1v) is 6.22. The Balaban J connectivity index is 2.10. The Bertz CT molecular complexity index is 601. The summed E-state index contributed by atoms with van der Waals surface area (Å²) in [6.45, 7) is 0.125. The summed E-state index contributed by atoms with van der Waals surface area (Å²) in [4.78, 5) is 25.9. The molecule has 3 rings (SSSR count). The number of aliphatic hydroxyl groups excluding tert-OH is 1. The number of phenolic OH excluding ortho intramolecular Hbond substituents is 1. The zero-order valence-corrected chi connectivity index (χ0v) is 10.8. The van der Waals surface area contributed by atoms with Crippen LogP contribution in [0.1, 0.15) is 16.8 Å². The number of aliphatic hydroxyl groups is 1. The van der Waals surface area contributed by atoms with Crippen molar-refractivity contribution in [3.8, 4) is 11.5 Å². The fourth-order valence-corrected chi connectivity index (χ4v) is 2.67. The van der Waals surface area contributed by atoms with Gasteiger partial charge in [0.2, 0.25) is 5.91 Å². The molecular formula is C13H14N2O5. The van der Waals surface area contributed by atoms with Crippen LogP contribution in [0.2, 0.25) is 0 Å². The zero-order valence-electron chi connectivity index (χ0n) is 10.8. The molecule has 1 aromatic rings. The second-order valence-electron chi connectivity index (χ2n) is 4.92. The number of aromatic hydroxyl groups is 1. The number of carbonyl (C=O) groups is 2. The van der Waals surface area contributed by atoms with E-state index in [0.29, 0.717) is 0 Å². The van der Waals surface area contributed by atoms with E-state index < -0.39 is 12.1 Å². The highest BCUT2D eigenvalue weighted by Crippen LogP contribution is 2.36. The van der Waals surface area contributed by atoms with Crippen LogP contribution in [-0.4, -0.2) is 52.7 Å². The van der Waals surface area contributed by atoms with Crippen molar-refractivity contribution < 1.29 is 24.5 Å². The lowest BCUT2D eigenvalue weighted by molar-refractivity contribution is -0.119. The van der Waals surface area contributed by atoms with Crippen molar-refractivity contribution in [3.05, 3.63) is 17.7 Å². The summed E-state index contributed by atoms with van der Waals surface area (Å²) in [6, 6.07) is 2.00. The average molecular weight is 278 g/mol. The van der Waals surface area contributed by atoms with Gasteiger partial charge in [0.1, 0.15) is 6.04 Å². The van der Waals surface area contributed by atoms with Gasteiger partial charge in [-0.2, -0.15) is 0 Å². The van der Waals surface area contributed by atoms with Crippen molar-refractivity contribution in [2.75, 3.05) is 19.0 Å². The maximum absolute atomic E-state index is 12.5. The Labute approximate surface area is 114 Å². The van der Waals surface area contributed by atoms with E-state index in [1.165, 1.54) is 24.1 Å². The molecular weight excluding hydrogens is 264 g/mol. The highest BCUT2D eigenvalue weighted by Gasteiger charge is 2.42. The first kappa shape index (κ1) is 12.7. The van der Waals surface area contributed by atoms with Crippen LogP contribution in [-0.2, 0) is 4.79 Å². The minimum atomic E-state index is -0.699. The van der Waals surface area contributed by atoms with E-state index >= 15 is 0 Å². The number of hydrogen-bond acceptors (Lipinski definition) is 5. The van der Waals surface area contributed by atoms with Crippen LogP contribution >= 0.6 is 0 Å². The van der Waals surface area contributed by atoms with E-state index in [2.05, 4.69) is 5.32 Å². The Morgan fingerprint density at radius 1 is 1.40 bits per heavy atom. The van der Waals surface area contributed by atoms with Gasteiger partial charge in [-0.1, -0.05) is 0 Å². The summed E-state index contributed by atoms with van der Waals surface area (Å²) in [5, 5.41) is 22.0. The lowest BCUT2D eigenvalue weighted by Crippen LogP contribution is -2.40. The number of ether oxygens (including phenoxy) is 1. The molecule has 0 aliphatic carbocycles. The molecule has 0 aromatic heterocycles. The molecule has 0 saturated carbocycles. The SMILES string of the molecule is COc1cc2c(cc1O)NC(=O)C1C[C@H](O)CN1C2=O. The van der Waals surface area contributed by atoms with Gasteiger partial charge in [-0.05, 0) is 6.07 Å². The molecule has 2 aliphatic rings. The number of fused-ring (bicyclic) bond motifs is 2. The van der Waals surface area contributed by atoms with Crippen molar-refractivity contribution in [2.45, 2.75) is 18.6 Å². The molecule has 1 fully saturated rings. The summed E-state index contributed by atoms with van der Waals surface area (Å²) in [6.07, 6.45) is -0.482. The van der Waals surface area contributed by atoms with Gasteiger partial charge in [0, 0.05) is 19.0 Å². The molecule has 2 amide bonds. The molecule has 1 unspecified atom stereocenters. The second-order valence-corrected chi connectivity index (χ2v) is 4.92. The van der Waals surface area contributed by atoms with Gasteiger partial charge in [-0.3, -0.25) is 9.59 Å². The largest absolute Gasteiger partial charge is 0.504 e. The lowest BCUT2D eigenvalue weighted by Gasteiger charge is -2.19. The summed E-state index contributed by atoms with van der Waals surface area (Å²) >= 11 is 0. The number of hydrogen-bond donors (Lipinski definition) is 3. The quantitative estimate of drug-likeness (QED) is 0.667. The van der Waals surface area contributed by atoms with Gasteiger partial charge >= 0.3 is 0 Å². The predicted octanol–water partition coefficient (Wildman–Crippen LogP) is -0.0717. The lowest BCUT2D eigenvalue weighted by atomic mass is 10.1. The van der Waals surface area contributed by atoms with Crippen molar-refractivity contribution >= 4 is 17.5 Å². The highest BCUT2D eigenvalue weighted by atomic mass is 16.5. The first-order valence-electron chi connectivity index (χ1n) is 6.22. The van der Waals surface area contributed by atoms with E-state index in [1.54, 1.807) is 0 Å². The van der Waals surface area contributed by atoms with Crippen molar-refractivity contribution in [3.63, 3.8) is 0 Å². The second kappa shape index (κ2) is 4.38. The number of benzene rings is 1. The molecule has 0 bridgehead atoms. The minimum absolute atomic E-state index is 0.125. The number of anilines is 1. The number of nitrogens with one attached hydrogen (secondary N) is 1. The molecule has 20 heavy (non-hydrogen) atoms. The predicted molar refractivity (Wildman–Crippen MR) is 68.7 cm³/mol. The van der Waals surface area contributed by atoms with E-state index in [0.717, 1.165) is 0 Å². The Morgan fingerprint density at radius 3 is 2.85 bits per heavy atom. The number of amides is 2. The smallest absolute Gasteiger partial charge is 0.256 e. The Hall–Kier alpha value is -2.28. The van der Waals surface area contributed by atoms with Gasteiger partial charge in [0.05, 0.1) is 24.5 Å². The summed E-state index contributed by atoms with van der Waals surface area (Å²) in [5.41, 5.74) is 0.492. The van der Waals surface area contributed by atoms with E-state index in [1.807, 2.05) is 0 Å². The van der Waals surface area contributed by atoms with Crippen molar-refractivity contribution in [1.82, 2.24) is 4.90 Å². The van der Waals surface area contributed by atoms with Gasteiger partial charge in [0.15, 0.2) is 11.5 Å². The van der Waals surface area contributed by atoms with Crippen LogP contribution in [0.4, 0.5) is 5.69 Å². The highest BCUT2D eigenvalue weighted by molar-refractivity contribution is 6.10. The molecule has 2 heterocycles. The molecule has 106 valence electrons. The van der Waals surface area contributed by atoms with E-state index in [-0.39, 0.29) is 47.5 Å². The summed E-state index contributed by atoms with van der Waals surface area (Å²) < 4.78 is 4.98. The topological polar surface area (TPSA) is 99.1 Å². The maximum Gasteiger partial charge on any atom is 0.256 e. The Morgan fingerprint density at radius 2 is 2.15 bits per heavy atom. The van der Waals surface area contributed by atoms with Gasteiger partial charge < -0.3 is 25.2 Å². The third-order valence-corrected chi connectivity index (χ3v) is 3.65. The van der Waals surface area contributed by atoms with Crippen LogP contribution in [0.5, 0.6) is 11.5 Å². The van der Waals surface area contributed by atoms with E-state index in [4.69, 9.17) is 4.74 Å². The van der Waals surface area contributed by atoms with Crippen LogP contribution in [0.3, 0.4) is 0 Å². The fourth-order valence-electron chi connectivity index (χ4n) is 2.67. The van der Waals surface area contributed by atoms with Crippen LogP contribution in [0.15, 0.2) is 12.1 Å². The molecule has 1 aromatic carbocycles. The first-order chi connectivity index (χ1) is 9.51. The molecule has 7 nitrogen and oxygen atoms in total. The molecule has 2 atom stereocenters. The normalized spacial score (nSPS) is 24.8. The number of methoxy groups -OCH3 is 1. The van der Waals surface area contributed by atoms with Crippen LogP contribution in [0, 0.1) is 0 Å². The van der Waals surface area contributed by atoms with Gasteiger partial charge in [0.25, 0.3) is 5.91 Å². The number of nitrogens with zero attached hydrogens (tertiary/aromatic N) is 1. The summed E-state index contributed by atoms with van der Waals surface area (Å²) in [7, 11) is 1.38. The van der Waals surface area contributed by atoms with Crippen LogP contribution in [0.25, 0.3) is 0 Å². The third kappa shape index (κ3) is 1.78. The molecule has 0 spiro atoms. The van der Waals surface area contributed by atoms with Gasteiger partial charge in [-0.25, -0.2) is 0 Å². The Kier molecular flexibility index (Phi) is 2.79. The van der Waals surface area contributed by atoms with Crippen molar-refractivity contribution in [2.24, 2.45) is 0 Å². The standard InChI is InChI=1S/C13H14N2O5/c1-20-11-3-7-8(4-10(11)17)14-12(18)9-2-6(16)5-15(9)13(7)19/h3-4,6,9,16-17H,2,5H2,1H3,(H,14,18)/t6-,9?/m0/s1. The zero-order chi connectivity index (χ0) is 14.4. The molecule has 1 saturated heterocycles. The van der Waals surface area contributed by atoms with Gasteiger partial charge in [-0.15, -0.1) is 0 Å². The monoisotopic (exact) mass is 278 g/mol. The average Bonchev–Trinajstić information content (AvgIpc) is 2.77. The third-order valence-electron chi connectivity index (χ3n) is 3.65. The summed E-state index contributed by atoms with van der Waals surface area (Å²) in [5.74, 6) is -0.720. The molecule has 3 N–H and O–H groups in total. The number of carbonyl (C=O) groups excluding carboxylic acids is 2.